The largest absolute Gasteiger partial charge is 0.389 e. The van der Waals surface area contributed by atoms with E-state index in [0.717, 1.165) is 12.3 Å². The van der Waals surface area contributed by atoms with E-state index in [9.17, 15) is 0 Å². The SMILES string of the molecule is CCCC[C@@H]1C=C[C@@H](O)CC1. The summed E-state index contributed by atoms with van der Waals surface area (Å²) in [7, 11) is 0. The average molecular weight is 154 g/mol. The first-order valence-corrected chi connectivity index (χ1v) is 4.69. The molecule has 0 aliphatic heterocycles. The standard InChI is InChI=1S/C10H18O/c1-2-3-4-9-5-7-10(11)8-6-9/h5,7,9-11H,2-4,6,8H2,1H3/t9-,10-/m1/s1. The van der Waals surface area contributed by atoms with Crippen molar-refractivity contribution in [1.82, 2.24) is 0 Å². The molecule has 0 fully saturated rings. The molecule has 0 saturated carbocycles. The molecule has 1 aliphatic carbocycles. The minimum absolute atomic E-state index is 0.159. The minimum Gasteiger partial charge on any atom is -0.389 e. The third kappa shape index (κ3) is 3.06. The van der Waals surface area contributed by atoms with E-state index in [1.165, 1.54) is 25.7 Å². The first-order chi connectivity index (χ1) is 5.33. The predicted octanol–water partition coefficient (Wildman–Crippen LogP) is 2.50. The maximum Gasteiger partial charge on any atom is 0.0721 e. The lowest BCUT2D eigenvalue weighted by Gasteiger charge is -2.18. The molecule has 2 atom stereocenters. The molecule has 1 N–H and O–H groups in total. The van der Waals surface area contributed by atoms with Gasteiger partial charge in [0.1, 0.15) is 0 Å². The summed E-state index contributed by atoms with van der Waals surface area (Å²) in [4.78, 5) is 0. The minimum atomic E-state index is -0.159. The van der Waals surface area contributed by atoms with Gasteiger partial charge in [0.25, 0.3) is 0 Å². The zero-order valence-corrected chi connectivity index (χ0v) is 7.29. The summed E-state index contributed by atoms with van der Waals surface area (Å²) in [6, 6.07) is 0. The fourth-order valence-electron chi connectivity index (χ4n) is 1.57. The van der Waals surface area contributed by atoms with Gasteiger partial charge in [-0.2, -0.15) is 0 Å². The van der Waals surface area contributed by atoms with Crippen LogP contribution in [-0.2, 0) is 0 Å². The van der Waals surface area contributed by atoms with Gasteiger partial charge in [-0.25, -0.2) is 0 Å². The third-order valence-electron chi connectivity index (χ3n) is 2.37. The number of aliphatic hydroxyl groups is 1. The van der Waals surface area contributed by atoms with Crippen molar-refractivity contribution >= 4 is 0 Å². The Balaban J connectivity index is 2.21. The van der Waals surface area contributed by atoms with Crippen LogP contribution in [0.15, 0.2) is 12.2 Å². The molecule has 1 heteroatoms. The molecule has 0 radical (unpaired) electrons. The highest BCUT2D eigenvalue weighted by Gasteiger charge is 2.12. The zero-order valence-electron chi connectivity index (χ0n) is 7.29. The molecule has 1 rings (SSSR count). The maximum absolute atomic E-state index is 9.17. The summed E-state index contributed by atoms with van der Waals surface area (Å²) in [6.45, 7) is 2.22. The Morgan fingerprint density at radius 1 is 1.36 bits per heavy atom. The van der Waals surface area contributed by atoms with E-state index in [0.29, 0.717) is 0 Å². The van der Waals surface area contributed by atoms with Crippen molar-refractivity contribution in [1.29, 1.82) is 0 Å². The fourth-order valence-corrected chi connectivity index (χ4v) is 1.57. The predicted molar refractivity (Wildman–Crippen MR) is 47.4 cm³/mol. The molecule has 0 heterocycles. The molecule has 1 aliphatic rings. The smallest absolute Gasteiger partial charge is 0.0721 e. The fraction of sp³-hybridized carbons (Fsp3) is 0.800. The van der Waals surface area contributed by atoms with Crippen LogP contribution < -0.4 is 0 Å². The van der Waals surface area contributed by atoms with Gasteiger partial charge in [-0.05, 0) is 25.2 Å². The van der Waals surface area contributed by atoms with Crippen LogP contribution >= 0.6 is 0 Å². The normalized spacial score (nSPS) is 30.7. The lowest BCUT2D eigenvalue weighted by atomic mass is 9.90. The van der Waals surface area contributed by atoms with E-state index < -0.39 is 0 Å². The van der Waals surface area contributed by atoms with E-state index in [1.807, 2.05) is 6.08 Å². The molecule has 0 aromatic heterocycles. The lowest BCUT2D eigenvalue weighted by Crippen LogP contribution is -2.11. The van der Waals surface area contributed by atoms with Gasteiger partial charge in [0.05, 0.1) is 6.10 Å². The van der Waals surface area contributed by atoms with Crippen molar-refractivity contribution in [2.75, 3.05) is 0 Å². The van der Waals surface area contributed by atoms with E-state index in [1.54, 1.807) is 0 Å². The second-order valence-corrected chi connectivity index (χ2v) is 3.43. The van der Waals surface area contributed by atoms with Crippen LogP contribution in [0, 0.1) is 5.92 Å². The quantitative estimate of drug-likeness (QED) is 0.619. The molecule has 0 unspecified atom stereocenters. The number of unbranched alkanes of at least 4 members (excludes halogenated alkanes) is 1. The van der Waals surface area contributed by atoms with Crippen molar-refractivity contribution in [3.63, 3.8) is 0 Å². The van der Waals surface area contributed by atoms with E-state index in [4.69, 9.17) is 5.11 Å². The molecule has 1 nitrogen and oxygen atoms in total. The zero-order chi connectivity index (χ0) is 8.10. The van der Waals surface area contributed by atoms with Crippen molar-refractivity contribution in [2.24, 2.45) is 5.92 Å². The summed E-state index contributed by atoms with van der Waals surface area (Å²) >= 11 is 0. The van der Waals surface area contributed by atoms with Gasteiger partial charge in [0.2, 0.25) is 0 Å². The Kier molecular flexibility index (Phi) is 3.64. The van der Waals surface area contributed by atoms with Crippen LogP contribution in [0.5, 0.6) is 0 Å². The van der Waals surface area contributed by atoms with Crippen molar-refractivity contribution < 1.29 is 5.11 Å². The van der Waals surface area contributed by atoms with Crippen molar-refractivity contribution in [3.05, 3.63) is 12.2 Å². The summed E-state index contributed by atoms with van der Waals surface area (Å²) in [5.74, 6) is 0.748. The summed E-state index contributed by atoms with van der Waals surface area (Å²) in [5.41, 5.74) is 0. The van der Waals surface area contributed by atoms with Gasteiger partial charge in [-0.3, -0.25) is 0 Å². The first kappa shape index (κ1) is 8.79. The molecule has 0 spiro atoms. The summed E-state index contributed by atoms with van der Waals surface area (Å²) < 4.78 is 0. The first-order valence-electron chi connectivity index (χ1n) is 4.69. The molecular weight excluding hydrogens is 136 g/mol. The number of hydrogen-bond donors (Lipinski definition) is 1. The average Bonchev–Trinajstić information content (AvgIpc) is 2.04. The van der Waals surface area contributed by atoms with Crippen LogP contribution in [-0.4, -0.2) is 11.2 Å². The maximum atomic E-state index is 9.17. The van der Waals surface area contributed by atoms with Crippen molar-refractivity contribution in [3.8, 4) is 0 Å². The number of hydrogen-bond acceptors (Lipinski definition) is 1. The van der Waals surface area contributed by atoms with Crippen LogP contribution in [0.2, 0.25) is 0 Å². The van der Waals surface area contributed by atoms with Gasteiger partial charge < -0.3 is 5.11 Å². The van der Waals surface area contributed by atoms with Gasteiger partial charge in [0.15, 0.2) is 0 Å². The van der Waals surface area contributed by atoms with Crippen LogP contribution in [0.1, 0.15) is 39.0 Å². The lowest BCUT2D eigenvalue weighted by molar-refractivity contribution is 0.193. The van der Waals surface area contributed by atoms with Crippen LogP contribution in [0.4, 0.5) is 0 Å². The van der Waals surface area contributed by atoms with Crippen LogP contribution in [0.25, 0.3) is 0 Å². The number of aliphatic hydroxyl groups excluding tert-OH is 1. The van der Waals surface area contributed by atoms with Gasteiger partial charge in [-0.15, -0.1) is 0 Å². The Morgan fingerprint density at radius 2 is 2.18 bits per heavy atom. The molecule has 11 heavy (non-hydrogen) atoms. The molecule has 0 bridgehead atoms. The molecule has 0 aromatic rings. The Morgan fingerprint density at radius 3 is 2.73 bits per heavy atom. The third-order valence-corrected chi connectivity index (χ3v) is 2.37. The Hall–Kier alpha value is -0.300. The van der Waals surface area contributed by atoms with E-state index in [-0.39, 0.29) is 6.10 Å². The molecule has 0 aromatic carbocycles. The van der Waals surface area contributed by atoms with Gasteiger partial charge in [0, 0.05) is 0 Å². The molecule has 0 amide bonds. The van der Waals surface area contributed by atoms with Crippen LogP contribution in [0.3, 0.4) is 0 Å². The Labute approximate surface area is 69.1 Å². The van der Waals surface area contributed by atoms with Crippen molar-refractivity contribution in [2.45, 2.75) is 45.1 Å². The molecular formula is C10H18O. The Bertz CT molecular complexity index is 129. The van der Waals surface area contributed by atoms with E-state index in [2.05, 4.69) is 13.0 Å². The molecule has 64 valence electrons. The second kappa shape index (κ2) is 4.55. The summed E-state index contributed by atoms with van der Waals surface area (Å²) in [6.07, 6.45) is 10.0. The number of allylic oxidation sites excluding steroid dienone is 1. The molecule has 0 saturated heterocycles. The number of rotatable bonds is 3. The highest BCUT2D eigenvalue weighted by molar-refractivity contribution is 4.98. The second-order valence-electron chi connectivity index (χ2n) is 3.43. The van der Waals surface area contributed by atoms with Gasteiger partial charge in [-0.1, -0.05) is 31.9 Å². The van der Waals surface area contributed by atoms with E-state index >= 15 is 0 Å². The highest BCUT2D eigenvalue weighted by Crippen LogP contribution is 2.22. The monoisotopic (exact) mass is 154 g/mol. The summed E-state index contributed by atoms with van der Waals surface area (Å²) in [5, 5.41) is 9.17. The highest BCUT2D eigenvalue weighted by atomic mass is 16.3. The topological polar surface area (TPSA) is 20.2 Å². The van der Waals surface area contributed by atoms with Gasteiger partial charge >= 0.3 is 0 Å².